The van der Waals surface area contributed by atoms with E-state index >= 15 is 0 Å². The van der Waals surface area contributed by atoms with E-state index in [2.05, 4.69) is 6.92 Å². The summed E-state index contributed by atoms with van der Waals surface area (Å²) in [7, 11) is 1.67. The average molecular weight is 282 g/mol. The molecule has 0 aromatic heterocycles. The summed E-state index contributed by atoms with van der Waals surface area (Å²) in [5.41, 5.74) is 0.645. The standard InChI is InChI=1S/C19H22O2/c1-19(12-6-3-7-13-19)18(20)16-10-11-17(21-2)15-9-5-4-8-14(15)16/h4-5,8-11H,3,6-7,12-13H2,1-2H3. The SMILES string of the molecule is COc1ccc(C(=O)C2(C)CCCCC2)c2ccccc12. The minimum atomic E-state index is -0.199. The van der Waals surface area contributed by atoms with Gasteiger partial charge in [-0.2, -0.15) is 0 Å². The lowest BCUT2D eigenvalue weighted by atomic mass is 9.70. The summed E-state index contributed by atoms with van der Waals surface area (Å²) in [6.45, 7) is 2.13. The number of ketones is 1. The van der Waals surface area contributed by atoms with Gasteiger partial charge in [-0.05, 0) is 30.4 Å². The van der Waals surface area contributed by atoms with Crippen LogP contribution in [-0.4, -0.2) is 12.9 Å². The van der Waals surface area contributed by atoms with Crippen molar-refractivity contribution < 1.29 is 9.53 Å². The third-order valence-electron chi connectivity index (χ3n) is 4.85. The van der Waals surface area contributed by atoms with Crippen molar-refractivity contribution in [1.82, 2.24) is 0 Å². The van der Waals surface area contributed by atoms with Gasteiger partial charge >= 0.3 is 0 Å². The maximum Gasteiger partial charge on any atom is 0.169 e. The van der Waals surface area contributed by atoms with Crippen molar-refractivity contribution in [2.45, 2.75) is 39.0 Å². The van der Waals surface area contributed by atoms with Crippen molar-refractivity contribution in [1.29, 1.82) is 0 Å². The predicted octanol–water partition coefficient (Wildman–Crippen LogP) is 5.00. The molecule has 1 fully saturated rings. The minimum Gasteiger partial charge on any atom is -0.496 e. The highest BCUT2D eigenvalue weighted by Crippen LogP contribution is 2.40. The smallest absolute Gasteiger partial charge is 0.169 e. The summed E-state index contributed by atoms with van der Waals surface area (Å²) in [6, 6.07) is 11.9. The van der Waals surface area contributed by atoms with Crippen molar-refractivity contribution in [3.63, 3.8) is 0 Å². The van der Waals surface area contributed by atoms with Crippen LogP contribution in [0.5, 0.6) is 5.75 Å². The Morgan fingerprint density at radius 3 is 2.33 bits per heavy atom. The maximum atomic E-state index is 13.1. The number of hydrogen-bond donors (Lipinski definition) is 0. The molecule has 0 spiro atoms. The molecule has 1 aliphatic rings. The summed E-state index contributed by atoms with van der Waals surface area (Å²) in [5, 5.41) is 2.03. The number of benzene rings is 2. The molecule has 1 aliphatic carbocycles. The van der Waals surface area contributed by atoms with Crippen LogP contribution in [0, 0.1) is 5.41 Å². The average Bonchev–Trinajstić information content (AvgIpc) is 2.54. The zero-order valence-electron chi connectivity index (χ0n) is 12.8. The molecule has 0 N–H and O–H groups in total. The van der Waals surface area contributed by atoms with E-state index in [1.165, 1.54) is 6.42 Å². The molecule has 0 radical (unpaired) electrons. The van der Waals surface area contributed by atoms with Gasteiger partial charge < -0.3 is 4.74 Å². The molecule has 2 aromatic rings. The lowest BCUT2D eigenvalue weighted by Gasteiger charge is -2.32. The highest BCUT2D eigenvalue weighted by Gasteiger charge is 2.35. The molecule has 21 heavy (non-hydrogen) atoms. The number of methoxy groups -OCH3 is 1. The van der Waals surface area contributed by atoms with Gasteiger partial charge in [-0.25, -0.2) is 0 Å². The molecular formula is C19H22O2. The second-order valence-corrected chi connectivity index (χ2v) is 6.31. The molecule has 0 aliphatic heterocycles. The fraction of sp³-hybridized carbons (Fsp3) is 0.421. The van der Waals surface area contributed by atoms with Gasteiger partial charge in [0.15, 0.2) is 5.78 Å². The third kappa shape index (κ3) is 2.44. The molecule has 0 heterocycles. The lowest BCUT2D eigenvalue weighted by Crippen LogP contribution is -2.30. The Morgan fingerprint density at radius 1 is 1.00 bits per heavy atom. The molecule has 2 nitrogen and oxygen atoms in total. The number of carbonyl (C=O) groups excluding carboxylic acids is 1. The highest BCUT2D eigenvalue weighted by atomic mass is 16.5. The zero-order chi connectivity index (χ0) is 14.9. The minimum absolute atomic E-state index is 0.199. The van der Waals surface area contributed by atoms with Crippen molar-refractivity contribution in [2.24, 2.45) is 5.41 Å². The quantitative estimate of drug-likeness (QED) is 0.740. The second-order valence-electron chi connectivity index (χ2n) is 6.31. The summed E-state index contributed by atoms with van der Waals surface area (Å²) in [4.78, 5) is 13.1. The number of carbonyl (C=O) groups is 1. The van der Waals surface area contributed by atoms with E-state index in [1.807, 2.05) is 36.4 Å². The van der Waals surface area contributed by atoms with Gasteiger partial charge in [0, 0.05) is 16.4 Å². The van der Waals surface area contributed by atoms with Gasteiger partial charge in [0.1, 0.15) is 5.75 Å². The number of fused-ring (bicyclic) bond motifs is 1. The van der Waals surface area contributed by atoms with E-state index in [-0.39, 0.29) is 5.41 Å². The summed E-state index contributed by atoms with van der Waals surface area (Å²) < 4.78 is 5.42. The van der Waals surface area contributed by atoms with Gasteiger partial charge in [0.25, 0.3) is 0 Å². The lowest BCUT2D eigenvalue weighted by molar-refractivity contribution is 0.0751. The normalized spacial score (nSPS) is 17.6. The Morgan fingerprint density at radius 2 is 1.67 bits per heavy atom. The fourth-order valence-corrected chi connectivity index (χ4v) is 3.53. The molecule has 0 amide bonds. The Kier molecular flexibility index (Phi) is 3.71. The Balaban J connectivity index is 2.10. The van der Waals surface area contributed by atoms with E-state index < -0.39 is 0 Å². The van der Waals surface area contributed by atoms with Crippen molar-refractivity contribution >= 4 is 16.6 Å². The molecule has 0 atom stereocenters. The molecule has 110 valence electrons. The highest BCUT2D eigenvalue weighted by molar-refractivity contribution is 6.11. The maximum absolute atomic E-state index is 13.1. The first-order chi connectivity index (χ1) is 10.2. The van der Waals surface area contributed by atoms with E-state index in [1.54, 1.807) is 7.11 Å². The van der Waals surface area contributed by atoms with Crippen LogP contribution in [0.2, 0.25) is 0 Å². The van der Waals surface area contributed by atoms with E-state index in [0.29, 0.717) is 5.78 Å². The van der Waals surface area contributed by atoms with Crippen LogP contribution >= 0.6 is 0 Å². The molecule has 0 saturated heterocycles. The summed E-state index contributed by atoms with van der Waals surface area (Å²) >= 11 is 0. The summed E-state index contributed by atoms with van der Waals surface area (Å²) in [5.74, 6) is 1.12. The van der Waals surface area contributed by atoms with Gasteiger partial charge in [0.05, 0.1) is 7.11 Å². The van der Waals surface area contributed by atoms with Crippen molar-refractivity contribution in [3.05, 3.63) is 42.0 Å². The molecule has 2 heteroatoms. The third-order valence-corrected chi connectivity index (χ3v) is 4.85. The van der Waals surface area contributed by atoms with Crippen molar-refractivity contribution in [2.75, 3.05) is 7.11 Å². The molecule has 2 aromatic carbocycles. The largest absolute Gasteiger partial charge is 0.496 e. The van der Waals surface area contributed by atoms with E-state index in [9.17, 15) is 4.79 Å². The van der Waals surface area contributed by atoms with E-state index in [0.717, 1.165) is 47.8 Å². The zero-order valence-corrected chi connectivity index (χ0v) is 12.8. The number of Topliss-reactive ketones (excluding diaryl/α,β-unsaturated/α-hetero) is 1. The fourth-order valence-electron chi connectivity index (χ4n) is 3.53. The van der Waals surface area contributed by atoms with Gasteiger partial charge in [0.2, 0.25) is 0 Å². The van der Waals surface area contributed by atoms with Crippen LogP contribution in [-0.2, 0) is 0 Å². The monoisotopic (exact) mass is 282 g/mol. The first-order valence-electron chi connectivity index (χ1n) is 7.76. The molecule has 0 bridgehead atoms. The first-order valence-corrected chi connectivity index (χ1v) is 7.76. The topological polar surface area (TPSA) is 26.3 Å². The molecule has 0 unspecified atom stereocenters. The van der Waals surface area contributed by atoms with Gasteiger partial charge in [-0.15, -0.1) is 0 Å². The van der Waals surface area contributed by atoms with Crippen molar-refractivity contribution in [3.8, 4) is 5.75 Å². The van der Waals surface area contributed by atoms with Crippen LogP contribution < -0.4 is 4.74 Å². The molecule has 1 saturated carbocycles. The first kappa shape index (κ1) is 14.1. The van der Waals surface area contributed by atoms with Crippen LogP contribution in [0.15, 0.2) is 36.4 Å². The Labute approximate surface area is 126 Å². The molecular weight excluding hydrogens is 260 g/mol. The van der Waals surface area contributed by atoms with Gasteiger partial charge in [-0.3, -0.25) is 4.79 Å². The Hall–Kier alpha value is -1.83. The number of rotatable bonds is 3. The predicted molar refractivity (Wildman–Crippen MR) is 86.0 cm³/mol. The van der Waals surface area contributed by atoms with Gasteiger partial charge in [-0.1, -0.05) is 50.5 Å². The van der Waals surface area contributed by atoms with E-state index in [4.69, 9.17) is 4.74 Å². The van der Waals surface area contributed by atoms with Crippen LogP contribution in [0.3, 0.4) is 0 Å². The summed E-state index contributed by atoms with van der Waals surface area (Å²) in [6.07, 6.45) is 5.59. The Bertz CT molecular complexity index is 666. The van der Waals surface area contributed by atoms with Crippen LogP contribution in [0.4, 0.5) is 0 Å². The number of ether oxygens (including phenoxy) is 1. The van der Waals surface area contributed by atoms with Crippen LogP contribution in [0.1, 0.15) is 49.4 Å². The number of hydrogen-bond acceptors (Lipinski definition) is 2. The second kappa shape index (κ2) is 5.51. The van der Waals surface area contributed by atoms with Crippen LogP contribution in [0.25, 0.3) is 10.8 Å². The molecule has 3 rings (SSSR count).